The molecule has 98 valence electrons. The van der Waals surface area contributed by atoms with Crippen molar-refractivity contribution in [3.63, 3.8) is 0 Å². The van der Waals surface area contributed by atoms with Crippen molar-refractivity contribution >= 4 is 11.9 Å². The van der Waals surface area contributed by atoms with E-state index < -0.39 is 42.6 Å². The van der Waals surface area contributed by atoms with Gasteiger partial charge in [0.05, 0.1) is 6.10 Å². The van der Waals surface area contributed by atoms with Crippen LogP contribution in [0.25, 0.3) is 0 Å². The van der Waals surface area contributed by atoms with E-state index >= 15 is 0 Å². The van der Waals surface area contributed by atoms with Gasteiger partial charge in [0, 0.05) is 13.8 Å². The van der Waals surface area contributed by atoms with Gasteiger partial charge in [-0.2, -0.15) is 0 Å². The molecule has 0 aromatic heterocycles. The highest BCUT2D eigenvalue weighted by Crippen LogP contribution is 2.24. The van der Waals surface area contributed by atoms with Crippen LogP contribution in [0.4, 0.5) is 0 Å². The zero-order valence-corrected chi connectivity index (χ0v) is 9.82. The maximum absolute atomic E-state index is 10.9. The summed E-state index contributed by atoms with van der Waals surface area (Å²) < 4.78 is 14.6. The molecule has 0 aromatic carbocycles. The third kappa shape index (κ3) is 3.39. The van der Waals surface area contributed by atoms with Crippen molar-refractivity contribution < 1.29 is 34.0 Å². The average Bonchev–Trinajstić information content (AvgIpc) is 2.18. The Kier molecular flexibility index (Phi) is 4.44. The summed E-state index contributed by atoms with van der Waals surface area (Å²) in [6, 6.07) is 0. The van der Waals surface area contributed by atoms with E-state index in [9.17, 15) is 19.8 Å². The molecule has 1 heterocycles. The van der Waals surface area contributed by atoms with Gasteiger partial charge in [-0.1, -0.05) is 0 Å². The number of aliphatic hydroxyl groups excluding tert-OH is 2. The van der Waals surface area contributed by atoms with Gasteiger partial charge >= 0.3 is 11.9 Å². The number of ether oxygens (including phenoxy) is 3. The summed E-state index contributed by atoms with van der Waals surface area (Å²) in [5.74, 6) is -1.27. The van der Waals surface area contributed by atoms with Gasteiger partial charge in [0.15, 0.2) is 18.5 Å². The molecule has 0 saturated carbocycles. The van der Waals surface area contributed by atoms with Gasteiger partial charge in [-0.3, -0.25) is 9.59 Å². The van der Waals surface area contributed by atoms with Crippen LogP contribution in [0.3, 0.4) is 0 Å². The van der Waals surface area contributed by atoms with Crippen LogP contribution in [0.5, 0.6) is 0 Å². The number of carbonyl (C=O) groups excluding carboxylic acids is 2. The van der Waals surface area contributed by atoms with Gasteiger partial charge in [0.1, 0.15) is 6.10 Å². The first-order valence-electron chi connectivity index (χ1n) is 5.19. The molecule has 0 aromatic rings. The third-order valence-electron chi connectivity index (χ3n) is 2.38. The monoisotopic (exact) mass is 248 g/mol. The molecule has 1 rings (SSSR count). The van der Waals surface area contributed by atoms with Crippen molar-refractivity contribution in [2.75, 3.05) is 0 Å². The minimum absolute atomic E-state index is 0.595. The lowest BCUT2D eigenvalue weighted by molar-refractivity contribution is -0.285. The van der Waals surface area contributed by atoms with Crippen LogP contribution in [-0.4, -0.2) is 52.9 Å². The number of hydrogen-bond acceptors (Lipinski definition) is 7. The number of aliphatic hydroxyl groups is 2. The van der Waals surface area contributed by atoms with Gasteiger partial charge in [-0.15, -0.1) is 0 Å². The van der Waals surface area contributed by atoms with Gasteiger partial charge in [0.25, 0.3) is 0 Å². The van der Waals surface area contributed by atoms with E-state index in [-0.39, 0.29) is 0 Å². The first-order valence-corrected chi connectivity index (χ1v) is 5.19. The molecule has 0 radical (unpaired) electrons. The number of esters is 2. The molecule has 1 aliphatic rings. The summed E-state index contributed by atoms with van der Waals surface area (Å²) in [6.07, 6.45) is -5.73. The lowest BCUT2D eigenvalue weighted by Gasteiger charge is -2.40. The van der Waals surface area contributed by atoms with Crippen molar-refractivity contribution in [3.8, 4) is 0 Å². The molecule has 17 heavy (non-hydrogen) atoms. The molecule has 0 amide bonds. The van der Waals surface area contributed by atoms with Gasteiger partial charge < -0.3 is 24.4 Å². The van der Waals surface area contributed by atoms with Crippen LogP contribution in [0.15, 0.2) is 0 Å². The Morgan fingerprint density at radius 1 is 1.06 bits per heavy atom. The topological polar surface area (TPSA) is 102 Å². The highest BCUT2D eigenvalue weighted by molar-refractivity contribution is 5.67. The van der Waals surface area contributed by atoms with E-state index in [1.807, 2.05) is 0 Å². The summed E-state index contributed by atoms with van der Waals surface area (Å²) in [6.45, 7) is 3.85. The summed E-state index contributed by atoms with van der Waals surface area (Å²) >= 11 is 0. The van der Waals surface area contributed by atoms with Crippen LogP contribution in [-0.2, 0) is 23.8 Å². The molecule has 1 aliphatic heterocycles. The third-order valence-corrected chi connectivity index (χ3v) is 2.38. The maximum atomic E-state index is 10.9. The van der Waals surface area contributed by atoms with E-state index in [0.717, 1.165) is 6.92 Å². The van der Waals surface area contributed by atoms with Crippen LogP contribution >= 0.6 is 0 Å². The summed E-state index contributed by atoms with van der Waals surface area (Å²) in [7, 11) is 0. The highest BCUT2D eigenvalue weighted by atomic mass is 16.7. The smallest absolute Gasteiger partial charge is 0.303 e. The fourth-order valence-electron chi connectivity index (χ4n) is 1.68. The second-order valence-corrected chi connectivity index (χ2v) is 3.87. The predicted octanol–water partition coefficient (Wildman–Crippen LogP) is -1.05. The number of carbonyl (C=O) groups is 2. The highest BCUT2D eigenvalue weighted by Gasteiger charge is 2.46. The quantitative estimate of drug-likeness (QED) is 0.601. The van der Waals surface area contributed by atoms with Crippen LogP contribution < -0.4 is 0 Å². The fraction of sp³-hybridized carbons (Fsp3) is 0.800. The minimum Gasteiger partial charge on any atom is -0.457 e. The standard InChI is InChI=1S/C10H16O7/c1-4-8(16-5(2)11)7(13)9(10(14)15-4)17-6(3)12/h4,7-10,13-14H,1-3H3/t4-,7+,8+,9-,10+/m0/s1. The Balaban J connectivity index is 2.78. The Morgan fingerprint density at radius 3 is 2.00 bits per heavy atom. The molecule has 1 fully saturated rings. The van der Waals surface area contributed by atoms with E-state index in [1.54, 1.807) is 0 Å². The fourth-order valence-corrected chi connectivity index (χ4v) is 1.68. The van der Waals surface area contributed by atoms with Crippen LogP contribution in [0.1, 0.15) is 20.8 Å². The van der Waals surface area contributed by atoms with Crippen molar-refractivity contribution in [3.05, 3.63) is 0 Å². The Hall–Kier alpha value is -1.18. The molecule has 5 atom stereocenters. The van der Waals surface area contributed by atoms with Crippen molar-refractivity contribution in [2.24, 2.45) is 0 Å². The molecular formula is C10H16O7. The van der Waals surface area contributed by atoms with Gasteiger partial charge in [-0.25, -0.2) is 0 Å². The molecule has 0 spiro atoms. The normalized spacial score (nSPS) is 37.4. The van der Waals surface area contributed by atoms with E-state index in [0.29, 0.717) is 0 Å². The second-order valence-electron chi connectivity index (χ2n) is 3.87. The molecule has 1 saturated heterocycles. The zero-order chi connectivity index (χ0) is 13.2. The molecule has 7 nitrogen and oxygen atoms in total. The lowest BCUT2D eigenvalue weighted by Crippen LogP contribution is -2.59. The van der Waals surface area contributed by atoms with E-state index in [4.69, 9.17) is 14.2 Å². The molecule has 0 bridgehead atoms. The minimum atomic E-state index is -1.45. The van der Waals surface area contributed by atoms with Crippen molar-refractivity contribution in [1.82, 2.24) is 0 Å². The molecular weight excluding hydrogens is 232 g/mol. The van der Waals surface area contributed by atoms with Crippen molar-refractivity contribution in [1.29, 1.82) is 0 Å². The lowest BCUT2D eigenvalue weighted by atomic mass is 9.99. The maximum Gasteiger partial charge on any atom is 0.303 e. The molecule has 0 unspecified atom stereocenters. The van der Waals surface area contributed by atoms with E-state index in [2.05, 4.69) is 0 Å². The van der Waals surface area contributed by atoms with E-state index in [1.165, 1.54) is 13.8 Å². The van der Waals surface area contributed by atoms with Gasteiger partial charge in [-0.05, 0) is 6.92 Å². The summed E-state index contributed by atoms with van der Waals surface area (Å²) in [4.78, 5) is 21.7. The number of hydrogen-bond donors (Lipinski definition) is 2. The van der Waals surface area contributed by atoms with Crippen LogP contribution in [0.2, 0.25) is 0 Å². The summed E-state index contributed by atoms with van der Waals surface area (Å²) in [5, 5.41) is 19.4. The van der Waals surface area contributed by atoms with Gasteiger partial charge in [0.2, 0.25) is 0 Å². The van der Waals surface area contributed by atoms with Crippen molar-refractivity contribution in [2.45, 2.75) is 51.5 Å². The number of rotatable bonds is 2. The average molecular weight is 248 g/mol. The van der Waals surface area contributed by atoms with Crippen LogP contribution in [0, 0.1) is 0 Å². The Labute approximate surface area is 98.3 Å². The zero-order valence-electron chi connectivity index (χ0n) is 9.82. The summed E-state index contributed by atoms with van der Waals surface area (Å²) in [5.41, 5.74) is 0. The first-order chi connectivity index (χ1) is 7.82. The molecule has 2 N–H and O–H groups in total. The first kappa shape index (κ1) is 13.9. The molecule has 0 aliphatic carbocycles. The SMILES string of the molecule is CC(=O)O[C@H]1[C@@H](O)[C@H](OC(C)=O)[C@H](O)O[C@H]1C. The predicted molar refractivity (Wildman–Crippen MR) is 53.7 cm³/mol. The largest absolute Gasteiger partial charge is 0.457 e. The Bertz CT molecular complexity index is 275. The Morgan fingerprint density at radius 2 is 1.53 bits per heavy atom. The second kappa shape index (κ2) is 5.44. The molecule has 7 heteroatoms.